The van der Waals surface area contributed by atoms with E-state index in [1.54, 1.807) is 6.92 Å². The van der Waals surface area contributed by atoms with Gasteiger partial charge in [-0.25, -0.2) is 9.59 Å². The second-order valence-corrected chi connectivity index (χ2v) is 10.2. The van der Waals surface area contributed by atoms with Crippen LogP contribution in [0.1, 0.15) is 62.5 Å². The van der Waals surface area contributed by atoms with Crippen molar-refractivity contribution in [2.75, 3.05) is 6.61 Å². The van der Waals surface area contributed by atoms with Gasteiger partial charge in [0.05, 0.1) is 5.92 Å². The number of benzene rings is 2. The summed E-state index contributed by atoms with van der Waals surface area (Å²) in [7, 11) is 0. The number of carbonyl (C=O) groups is 3. The number of hydrogen-bond donors (Lipinski definition) is 3. The third-order valence-electron chi connectivity index (χ3n) is 7.97. The van der Waals surface area contributed by atoms with Gasteiger partial charge in [-0.1, -0.05) is 61.4 Å². The van der Waals surface area contributed by atoms with Gasteiger partial charge >= 0.3 is 12.1 Å². The topological polar surface area (TPSA) is 105 Å². The van der Waals surface area contributed by atoms with Crippen LogP contribution in [0.3, 0.4) is 0 Å². The Labute approximate surface area is 205 Å². The first-order valence-electron chi connectivity index (χ1n) is 12.6. The van der Waals surface area contributed by atoms with Gasteiger partial charge in [-0.2, -0.15) is 0 Å². The van der Waals surface area contributed by atoms with E-state index in [1.807, 2.05) is 24.3 Å². The van der Waals surface area contributed by atoms with Crippen LogP contribution in [-0.2, 0) is 14.3 Å². The van der Waals surface area contributed by atoms with Gasteiger partial charge in [-0.3, -0.25) is 4.79 Å². The minimum absolute atomic E-state index is 0.0339. The zero-order valence-electron chi connectivity index (χ0n) is 20.0. The van der Waals surface area contributed by atoms with E-state index in [0.29, 0.717) is 12.8 Å². The highest BCUT2D eigenvalue weighted by molar-refractivity contribution is 5.89. The molecular weight excluding hydrogens is 444 g/mol. The minimum atomic E-state index is -1.26. The van der Waals surface area contributed by atoms with Crippen molar-refractivity contribution >= 4 is 18.0 Å². The molecule has 35 heavy (non-hydrogen) atoms. The van der Waals surface area contributed by atoms with Gasteiger partial charge in [0, 0.05) is 12.0 Å². The molecule has 0 radical (unpaired) electrons. The first-order valence-corrected chi connectivity index (χ1v) is 12.6. The molecule has 2 fully saturated rings. The Morgan fingerprint density at radius 2 is 1.54 bits per heavy atom. The molecule has 0 aromatic heterocycles. The van der Waals surface area contributed by atoms with Crippen molar-refractivity contribution in [3.8, 4) is 11.1 Å². The lowest BCUT2D eigenvalue weighted by atomic mass is 9.83. The first-order chi connectivity index (χ1) is 16.9. The van der Waals surface area contributed by atoms with Crippen molar-refractivity contribution in [1.82, 2.24) is 10.6 Å². The molecule has 2 aromatic rings. The van der Waals surface area contributed by atoms with Gasteiger partial charge in [0.1, 0.15) is 12.1 Å². The Hall–Kier alpha value is -3.35. The number of nitrogens with one attached hydrogen (secondary N) is 2. The predicted molar refractivity (Wildman–Crippen MR) is 131 cm³/mol. The lowest BCUT2D eigenvalue weighted by Crippen LogP contribution is -2.58. The van der Waals surface area contributed by atoms with E-state index < -0.39 is 23.5 Å². The summed E-state index contributed by atoms with van der Waals surface area (Å²) in [6.45, 7) is 1.80. The van der Waals surface area contributed by atoms with E-state index in [2.05, 4.69) is 34.9 Å². The van der Waals surface area contributed by atoms with E-state index in [4.69, 9.17) is 4.74 Å². The normalized spacial score (nSPS) is 22.9. The summed E-state index contributed by atoms with van der Waals surface area (Å²) in [6.07, 6.45) is 4.10. The van der Waals surface area contributed by atoms with Crippen molar-refractivity contribution in [3.63, 3.8) is 0 Å². The van der Waals surface area contributed by atoms with Crippen LogP contribution in [0.4, 0.5) is 4.79 Å². The van der Waals surface area contributed by atoms with Gasteiger partial charge in [-0.05, 0) is 60.8 Å². The van der Waals surface area contributed by atoms with Crippen molar-refractivity contribution in [1.29, 1.82) is 0 Å². The molecule has 1 unspecified atom stereocenters. The lowest BCUT2D eigenvalue weighted by molar-refractivity contribution is -0.149. The number of amides is 2. The van der Waals surface area contributed by atoms with Crippen LogP contribution in [0, 0.1) is 11.8 Å². The van der Waals surface area contributed by atoms with Crippen LogP contribution in [0.25, 0.3) is 11.1 Å². The average Bonchev–Trinajstić information content (AvgIpc) is 3.67. The summed E-state index contributed by atoms with van der Waals surface area (Å²) in [6, 6.07) is 16.0. The summed E-state index contributed by atoms with van der Waals surface area (Å²) in [4.78, 5) is 37.8. The number of hydrogen-bond acceptors (Lipinski definition) is 4. The molecular formula is C28H32N2O5. The third-order valence-corrected chi connectivity index (χ3v) is 7.97. The highest BCUT2D eigenvalue weighted by atomic mass is 16.5. The monoisotopic (exact) mass is 476 g/mol. The van der Waals surface area contributed by atoms with Crippen LogP contribution < -0.4 is 10.6 Å². The smallest absolute Gasteiger partial charge is 0.407 e. The highest BCUT2D eigenvalue weighted by Crippen LogP contribution is 2.44. The van der Waals surface area contributed by atoms with Crippen LogP contribution in [0.15, 0.2) is 48.5 Å². The summed E-state index contributed by atoms with van der Waals surface area (Å²) in [5.41, 5.74) is 3.36. The molecule has 7 heteroatoms. The quantitative estimate of drug-likeness (QED) is 0.548. The summed E-state index contributed by atoms with van der Waals surface area (Å²) in [5.74, 6) is -1.85. The molecule has 3 N–H and O–H groups in total. The largest absolute Gasteiger partial charge is 0.480 e. The zero-order chi connectivity index (χ0) is 24.6. The molecule has 7 nitrogen and oxygen atoms in total. The second-order valence-electron chi connectivity index (χ2n) is 10.2. The molecule has 0 spiro atoms. The van der Waals surface area contributed by atoms with Crippen molar-refractivity contribution in [2.24, 2.45) is 11.8 Å². The Morgan fingerprint density at radius 3 is 2.14 bits per heavy atom. The van der Waals surface area contributed by atoms with Gasteiger partial charge in [-0.15, -0.1) is 0 Å². The zero-order valence-corrected chi connectivity index (χ0v) is 20.0. The maximum absolute atomic E-state index is 13.1. The fraction of sp³-hybridized carbons (Fsp3) is 0.464. The van der Waals surface area contributed by atoms with Crippen molar-refractivity contribution < 1.29 is 24.2 Å². The molecule has 2 saturated carbocycles. The molecule has 184 valence electrons. The van der Waals surface area contributed by atoms with E-state index in [9.17, 15) is 19.5 Å². The number of alkyl carbamates (subject to hydrolysis) is 1. The Bertz CT molecular complexity index is 1100. The van der Waals surface area contributed by atoms with Crippen LogP contribution in [-0.4, -0.2) is 41.3 Å². The molecule has 3 atom stereocenters. The molecule has 0 bridgehead atoms. The van der Waals surface area contributed by atoms with Gasteiger partial charge < -0.3 is 20.5 Å². The summed E-state index contributed by atoms with van der Waals surface area (Å²) in [5, 5.41) is 15.4. The fourth-order valence-corrected chi connectivity index (χ4v) is 5.75. The summed E-state index contributed by atoms with van der Waals surface area (Å²) < 4.78 is 5.68. The molecule has 2 amide bonds. The maximum atomic E-state index is 13.1. The average molecular weight is 477 g/mol. The third kappa shape index (κ3) is 4.51. The van der Waals surface area contributed by atoms with Crippen LogP contribution in [0.2, 0.25) is 0 Å². The SMILES string of the molecule is CC(NC(=O)[C@H]1CCCC[C@H]1NC(=O)OCC1c2ccccc2-c2ccccc21)(C(=O)O)C1CC1. The number of carboxylic acids is 1. The second kappa shape index (κ2) is 9.36. The molecule has 5 rings (SSSR count). The van der Waals surface area contributed by atoms with Gasteiger partial charge in [0.2, 0.25) is 5.91 Å². The van der Waals surface area contributed by atoms with Gasteiger partial charge in [0.15, 0.2) is 0 Å². The number of rotatable bonds is 7. The standard InChI is InChI=1S/C28H32N2O5/c1-28(26(32)33,17-14-15-17)30-25(31)22-12-6-7-13-24(22)29-27(34)35-16-23-20-10-4-2-8-18(20)19-9-3-5-11-21(19)23/h2-5,8-11,17,22-24H,6-7,12-16H2,1H3,(H,29,34)(H,30,31)(H,32,33)/t22-,24+,28?/m0/s1. The Kier molecular flexibility index (Phi) is 6.26. The van der Waals surface area contributed by atoms with E-state index in [0.717, 1.165) is 36.8 Å². The number of fused-ring (bicyclic) bond motifs is 3. The molecule has 3 aliphatic carbocycles. The van der Waals surface area contributed by atoms with Crippen molar-refractivity contribution in [2.45, 2.75) is 62.9 Å². The van der Waals surface area contributed by atoms with Gasteiger partial charge in [0.25, 0.3) is 0 Å². The first kappa shape index (κ1) is 23.4. The predicted octanol–water partition coefficient (Wildman–Crippen LogP) is 4.45. The molecule has 2 aromatic carbocycles. The number of carboxylic acid groups (broad SMARTS) is 1. The molecule has 0 aliphatic heterocycles. The minimum Gasteiger partial charge on any atom is -0.480 e. The number of aliphatic carboxylic acids is 1. The molecule has 0 saturated heterocycles. The fourth-order valence-electron chi connectivity index (χ4n) is 5.75. The van der Waals surface area contributed by atoms with E-state index in [1.165, 1.54) is 11.1 Å². The van der Waals surface area contributed by atoms with Crippen LogP contribution in [0.5, 0.6) is 0 Å². The Morgan fingerprint density at radius 1 is 0.943 bits per heavy atom. The number of ether oxygens (including phenoxy) is 1. The molecule has 3 aliphatic rings. The molecule has 0 heterocycles. The highest BCUT2D eigenvalue weighted by Gasteiger charge is 2.49. The van der Waals surface area contributed by atoms with Crippen LogP contribution >= 0.6 is 0 Å². The van der Waals surface area contributed by atoms with Crippen molar-refractivity contribution in [3.05, 3.63) is 59.7 Å². The number of carbonyl (C=O) groups excluding carboxylic acids is 2. The maximum Gasteiger partial charge on any atom is 0.407 e. The summed E-state index contributed by atoms with van der Waals surface area (Å²) >= 11 is 0. The van der Waals surface area contributed by atoms with E-state index in [-0.39, 0.29) is 30.4 Å². The Balaban J connectivity index is 1.23. The van der Waals surface area contributed by atoms with E-state index >= 15 is 0 Å². The lowest BCUT2D eigenvalue weighted by Gasteiger charge is -2.34.